The van der Waals surface area contributed by atoms with E-state index >= 15 is 0 Å². The Morgan fingerprint density at radius 2 is 2.24 bits per heavy atom. The van der Waals surface area contributed by atoms with Crippen LogP contribution in [0.5, 0.6) is 0 Å². The third-order valence-electron chi connectivity index (χ3n) is 4.43. The highest BCUT2D eigenvalue weighted by Crippen LogP contribution is 2.27. The Balaban J connectivity index is 1.40. The maximum Gasteiger partial charge on any atom is 0.264 e. The fourth-order valence-electron chi connectivity index (χ4n) is 3.10. The van der Waals surface area contributed by atoms with E-state index in [0.717, 1.165) is 33.5 Å². The fourth-order valence-corrected chi connectivity index (χ4v) is 4.13. The smallest absolute Gasteiger partial charge is 0.264 e. The lowest BCUT2D eigenvalue weighted by molar-refractivity contribution is -0.0245. The van der Waals surface area contributed by atoms with Gasteiger partial charge < -0.3 is 9.64 Å². The normalized spacial score (nSPS) is 17.8. The molecule has 2 aromatic heterocycles. The largest absolute Gasteiger partial charge is 0.375 e. The Bertz CT molecular complexity index is 832. The van der Waals surface area contributed by atoms with Gasteiger partial charge in [-0.15, -0.1) is 11.3 Å². The molecule has 1 atom stereocenters. The zero-order valence-corrected chi connectivity index (χ0v) is 14.6. The van der Waals surface area contributed by atoms with Gasteiger partial charge in [-0.1, -0.05) is 18.2 Å². The van der Waals surface area contributed by atoms with Crippen molar-refractivity contribution in [2.45, 2.75) is 18.9 Å². The summed E-state index contributed by atoms with van der Waals surface area (Å²) in [6, 6.07) is 12.0. The lowest BCUT2D eigenvalue weighted by Crippen LogP contribution is -2.45. The van der Waals surface area contributed by atoms with Crippen molar-refractivity contribution in [3.8, 4) is 0 Å². The summed E-state index contributed by atoms with van der Waals surface area (Å²) in [4.78, 5) is 23.7. The van der Waals surface area contributed by atoms with E-state index in [1.54, 1.807) is 23.9 Å². The van der Waals surface area contributed by atoms with Gasteiger partial charge in [-0.3, -0.25) is 4.79 Å². The van der Waals surface area contributed by atoms with Gasteiger partial charge in [-0.05, 0) is 36.4 Å². The molecule has 1 aliphatic rings. The summed E-state index contributed by atoms with van der Waals surface area (Å²) in [5.41, 5.74) is 1.01. The van der Waals surface area contributed by atoms with Crippen LogP contribution in [0, 0.1) is 0 Å². The zero-order chi connectivity index (χ0) is 17.1. The monoisotopic (exact) mass is 353 g/mol. The molecule has 128 valence electrons. The Morgan fingerprint density at radius 3 is 3.08 bits per heavy atom. The number of nitrogens with zero attached hydrogens (tertiary/aromatic N) is 3. The van der Waals surface area contributed by atoms with Crippen LogP contribution in [0.15, 0.2) is 48.9 Å². The van der Waals surface area contributed by atoms with Crippen LogP contribution in [0.2, 0.25) is 0 Å². The fraction of sp³-hybridized carbons (Fsp3) is 0.316. The molecule has 1 saturated heterocycles. The number of amides is 1. The minimum atomic E-state index is 0.0574. The van der Waals surface area contributed by atoms with Gasteiger partial charge in [0, 0.05) is 29.7 Å². The van der Waals surface area contributed by atoms with Crippen LogP contribution < -0.4 is 0 Å². The van der Waals surface area contributed by atoms with Crippen molar-refractivity contribution in [3.05, 3.63) is 59.5 Å². The zero-order valence-electron chi connectivity index (χ0n) is 13.8. The lowest BCUT2D eigenvalue weighted by Gasteiger charge is -2.32. The maximum atomic E-state index is 12.8. The highest BCUT2D eigenvalue weighted by Gasteiger charge is 2.26. The van der Waals surface area contributed by atoms with Gasteiger partial charge in [0.15, 0.2) is 0 Å². The molecular formula is C19H19N3O2S. The van der Waals surface area contributed by atoms with E-state index in [9.17, 15) is 4.79 Å². The summed E-state index contributed by atoms with van der Waals surface area (Å²) in [6.45, 7) is 1.88. The molecule has 3 aromatic rings. The second-order valence-electron chi connectivity index (χ2n) is 6.13. The Hall–Kier alpha value is -2.31. The van der Waals surface area contributed by atoms with E-state index in [0.29, 0.717) is 19.7 Å². The molecule has 0 aliphatic carbocycles. The molecule has 1 fully saturated rings. The third kappa shape index (κ3) is 3.70. The molecule has 3 heterocycles. The third-order valence-corrected chi connectivity index (χ3v) is 5.53. The molecule has 0 radical (unpaired) electrons. The second-order valence-corrected chi connectivity index (χ2v) is 7.22. The Morgan fingerprint density at radius 1 is 1.32 bits per heavy atom. The van der Waals surface area contributed by atoms with Gasteiger partial charge in [0.05, 0.1) is 17.6 Å². The molecule has 0 unspecified atom stereocenters. The van der Waals surface area contributed by atoms with E-state index in [4.69, 9.17) is 4.74 Å². The second kappa shape index (κ2) is 7.29. The molecule has 0 saturated carbocycles. The number of ether oxygens (including phenoxy) is 1. The number of thiophene rings is 1. The lowest BCUT2D eigenvalue weighted by atomic mass is 10.1. The van der Waals surface area contributed by atoms with E-state index in [2.05, 4.69) is 16.0 Å². The number of carbonyl (C=O) groups is 1. The number of morpholine rings is 1. The van der Waals surface area contributed by atoms with Crippen LogP contribution in [0.25, 0.3) is 10.1 Å². The van der Waals surface area contributed by atoms with Crippen LogP contribution in [0.4, 0.5) is 0 Å². The van der Waals surface area contributed by atoms with E-state index in [1.807, 2.05) is 35.2 Å². The van der Waals surface area contributed by atoms with Gasteiger partial charge in [0.25, 0.3) is 5.91 Å². The topological polar surface area (TPSA) is 55.3 Å². The average molecular weight is 353 g/mol. The number of aromatic nitrogens is 2. The molecule has 5 nitrogen and oxygen atoms in total. The molecule has 1 aliphatic heterocycles. The van der Waals surface area contributed by atoms with E-state index < -0.39 is 0 Å². The first-order valence-corrected chi connectivity index (χ1v) is 9.25. The molecule has 25 heavy (non-hydrogen) atoms. The molecular weight excluding hydrogens is 334 g/mol. The molecule has 1 amide bonds. The summed E-state index contributed by atoms with van der Waals surface area (Å²) >= 11 is 1.56. The maximum absolute atomic E-state index is 12.8. The predicted molar refractivity (Wildman–Crippen MR) is 97.8 cm³/mol. The molecule has 1 aromatic carbocycles. The van der Waals surface area contributed by atoms with Crippen molar-refractivity contribution >= 4 is 27.3 Å². The molecule has 0 N–H and O–H groups in total. The van der Waals surface area contributed by atoms with Gasteiger partial charge >= 0.3 is 0 Å². The van der Waals surface area contributed by atoms with Crippen molar-refractivity contribution in [3.63, 3.8) is 0 Å². The number of fused-ring (bicyclic) bond motifs is 1. The summed E-state index contributed by atoms with van der Waals surface area (Å²) in [6.07, 6.45) is 5.06. The van der Waals surface area contributed by atoms with Crippen LogP contribution in [0.3, 0.4) is 0 Å². The number of benzene rings is 1. The first-order valence-electron chi connectivity index (χ1n) is 8.44. The highest BCUT2D eigenvalue weighted by molar-refractivity contribution is 7.20. The molecule has 0 bridgehead atoms. The Kier molecular flexibility index (Phi) is 4.72. The summed E-state index contributed by atoms with van der Waals surface area (Å²) < 4.78 is 6.99. The van der Waals surface area contributed by atoms with Crippen molar-refractivity contribution in [2.75, 3.05) is 19.7 Å². The van der Waals surface area contributed by atoms with Crippen molar-refractivity contribution in [1.29, 1.82) is 0 Å². The first-order chi connectivity index (χ1) is 12.3. The summed E-state index contributed by atoms with van der Waals surface area (Å²) in [5, 5.41) is 1.13. The van der Waals surface area contributed by atoms with Gasteiger partial charge in [-0.25, -0.2) is 9.97 Å². The predicted octanol–water partition coefficient (Wildman–Crippen LogP) is 3.17. The number of carbonyl (C=O) groups excluding carboxylic acids is 1. The van der Waals surface area contributed by atoms with E-state index in [1.165, 1.54) is 0 Å². The van der Waals surface area contributed by atoms with Crippen molar-refractivity contribution in [1.82, 2.24) is 14.9 Å². The van der Waals surface area contributed by atoms with Gasteiger partial charge in [-0.2, -0.15) is 0 Å². The summed E-state index contributed by atoms with van der Waals surface area (Å²) in [7, 11) is 0. The average Bonchev–Trinajstić information content (AvgIpc) is 3.11. The summed E-state index contributed by atoms with van der Waals surface area (Å²) in [5.74, 6) is 0.108. The van der Waals surface area contributed by atoms with Crippen LogP contribution in [-0.2, 0) is 11.2 Å². The van der Waals surface area contributed by atoms with Gasteiger partial charge in [0.1, 0.15) is 6.33 Å². The number of hydrogen-bond donors (Lipinski definition) is 0. The van der Waals surface area contributed by atoms with Crippen molar-refractivity contribution < 1.29 is 9.53 Å². The van der Waals surface area contributed by atoms with Crippen LogP contribution in [0.1, 0.15) is 21.8 Å². The quantitative estimate of drug-likeness (QED) is 0.723. The van der Waals surface area contributed by atoms with Crippen LogP contribution >= 0.6 is 11.3 Å². The van der Waals surface area contributed by atoms with Crippen molar-refractivity contribution in [2.24, 2.45) is 0 Å². The number of hydrogen-bond acceptors (Lipinski definition) is 5. The van der Waals surface area contributed by atoms with E-state index in [-0.39, 0.29) is 12.0 Å². The SMILES string of the molecule is O=C(c1cc2ccccc2s1)N1CCO[C@H](CCc2ccncn2)C1. The molecule has 6 heteroatoms. The minimum Gasteiger partial charge on any atom is -0.375 e. The highest BCUT2D eigenvalue weighted by atomic mass is 32.1. The standard InChI is InChI=1S/C19H19N3O2S/c23-19(18-11-14-3-1-2-4-17(14)25-18)22-9-10-24-16(12-22)6-5-15-7-8-20-13-21-15/h1-4,7-8,11,13,16H,5-6,9-10,12H2/t16-/m1/s1. The molecule has 4 rings (SSSR count). The number of rotatable bonds is 4. The first kappa shape index (κ1) is 16.2. The Labute approximate surface area is 150 Å². The minimum absolute atomic E-state index is 0.0574. The van der Waals surface area contributed by atoms with Crippen LogP contribution in [-0.4, -0.2) is 46.6 Å². The van der Waals surface area contributed by atoms with Gasteiger partial charge in [0.2, 0.25) is 0 Å². The molecule has 0 spiro atoms. The number of aryl methyl sites for hydroxylation is 1.